The summed E-state index contributed by atoms with van der Waals surface area (Å²) < 4.78 is 0. The zero-order chi connectivity index (χ0) is 12.4. The van der Waals surface area contributed by atoms with E-state index in [-0.39, 0.29) is 0 Å². The molecule has 0 spiro atoms. The summed E-state index contributed by atoms with van der Waals surface area (Å²) in [6.45, 7) is 6.36. The van der Waals surface area contributed by atoms with Gasteiger partial charge in [-0.25, -0.2) is 4.79 Å². The Hall–Kier alpha value is -1.51. The van der Waals surface area contributed by atoms with E-state index in [0.29, 0.717) is 17.4 Å². The number of anilines is 1. The highest BCUT2D eigenvalue weighted by molar-refractivity contribution is 5.94. The van der Waals surface area contributed by atoms with Crippen LogP contribution < -0.4 is 4.90 Å². The molecular formula is C14H19NO2. The third-order valence-electron chi connectivity index (χ3n) is 3.34. The number of benzene rings is 1. The molecule has 3 heteroatoms. The first-order valence-electron chi connectivity index (χ1n) is 6.15. The molecule has 1 fully saturated rings. The van der Waals surface area contributed by atoms with E-state index < -0.39 is 5.97 Å². The minimum Gasteiger partial charge on any atom is -0.478 e. The van der Waals surface area contributed by atoms with Crippen molar-refractivity contribution >= 4 is 11.7 Å². The van der Waals surface area contributed by atoms with Gasteiger partial charge in [-0.05, 0) is 30.4 Å². The van der Waals surface area contributed by atoms with Crippen molar-refractivity contribution in [1.82, 2.24) is 0 Å². The Kier molecular flexibility index (Phi) is 3.36. The number of nitrogens with zero attached hydrogens (tertiary/aromatic N) is 1. The van der Waals surface area contributed by atoms with Gasteiger partial charge in [0.25, 0.3) is 0 Å². The summed E-state index contributed by atoms with van der Waals surface area (Å²) in [5, 5.41) is 9.20. The van der Waals surface area contributed by atoms with Crippen LogP contribution >= 0.6 is 0 Å². The number of carboxylic acids is 1. The van der Waals surface area contributed by atoms with Gasteiger partial charge in [-0.2, -0.15) is 0 Å². The first kappa shape index (κ1) is 12.0. The van der Waals surface area contributed by atoms with E-state index in [4.69, 9.17) is 0 Å². The highest BCUT2D eigenvalue weighted by Gasteiger charge is 2.24. The fourth-order valence-corrected chi connectivity index (χ4v) is 2.79. The van der Waals surface area contributed by atoms with E-state index >= 15 is 0 Å². The van der Waals surface area contributed by atoms with Gasteiger partial charge in [-0.3, -0.25) is 0 Å². The molecule has 0 bridgehead atoms. The molecule has 1 aliphatic heterocycles. The number of para-hydroxylation sites is 1. The summed E-state index contributed by atoms with van der Waals surface area (Å²) in [6.07, 6.45) is 1.23. The SMILES string of the molecule is CC1CC(C)CN(c2ccccc2C(=O)O)C1. The van der Waals surface area contributed by atoms with E-state index in [9.17, 15) is 9.90 Å². The van der Waals surface area contributed by atoms with Gasteiger partial charge in [0, 0.05) is 13.1 Å². The Balaban J connectivity index is 2.30. The Morgan fingerprint density at radius 2 is 1.82 bits per heavy atom. The van der Waals surface area contributed by atoms with Gasteiger partial charge in [0.1, 0.15) is 0 Å². The van der Waals surface area contributed by atoms with Crippen LogP contribution in [0.2, 0.25) is 0 Å². The van der Waals surface area contributed by atoms with Crippen LogP contribution in [0, 0.1) is 11.8 Å². The third-order valence-corrected chi connectivity index (χ3v) is 3.34. The quantitative estimate of drug-likeness (QED) is 0.854. The molecule has 2 atom stereocenters. The minimum atomic E-state index is -0.841. The molecule has 3 nitrogen and oxygen atoms in total. The molecule has 1 N–H and O–H groups in total. The normalized spacial score (nSPS) is 24.7. The molecule has 0 aliphatic carbocycles. The van der Waals surface area contributed by atoms with E-state index in [1.165, 1.54) is 6.42 Å². The second-order valence-corrected chi connectivity index (χ2v) is 5.17. The number of aromatic carboxylic acids is 1. The van der Waals surface area contributed by atoms with Crippen LogP contribution in [-0.2, 0) is 0 Å². The van der Waals surface area contributed by atoms with Crippen LogP contribution in [0.25, 0.3) is 0 Å². The second kappa shape index (κ2) is 4.78. The van der Waals surface area contributed by atoms with Crippen molar-refractivity contribution in [1.29, 1.82) is 0 Å². The maximum Gasteiger partial charge on any atom is 0.337 e. The molecule has 17 heavy (non-hydrogen) atoms. The summed E-state index contributed by atoms with van der Waals surface area (Å²) in [6, 6.07) is 7.28. The molecule has 0 aromatic heterocycles. The maximum absolute atomic E-state index is 11.2. The van der Waals surface area contributed by atoms with Crippen LogP contribution in [0.5, 0.6) is 0 Å². The van der Waals surface area contributed by atoms with Gasteiger partial charge in [0.2, 0.25) is 0 Å². The molecule has 1 aliphatic rings. The fraction of sp³-hybridized carbons (Fsp3) is 0.500. The number of piperidine rings is 1. The highest BCUT2D eigenvalue weighted by atomic mass is 16.4. The number of hydrogen-bond acceptors (Lipinski definition) is 2. The fourth-order valence-electron chi connectivity index (χ4n) is 2.79. The molecule has 92 valence electrons. The van der Waals surface area contributed by atoms with Crippen molar-refractivity contribution < 1.29 is 9.90 Å². The van der Waals surface area contributed by atoms with Crippen LogP contribution in [0.1, 0.15) is 30.6 Å². The number of hydrogen-bond donors (Lipinski definition) is 1. The van der Waals surface area contributed by atoms with Crippen molar-refractivity contribution in [2.24, 2.45) is 11.8 Å². The van der Waals surface area contributed by atoms with Gasteiger partial charge in [0.15, 0.2) is 0 Å². The molecule has 2 unspecified atom stereocenters. The lowest BCUT2D eigenvalue weighted by atomic mass is 9.91. The zero-order valence-electron chi connectivity index (χ0n) is 10.4. The van der Waals surface area contributed by atoms with Crippen LogP contribution in [0.4, 0.5) is 5.69 Å². The van der Waals surface area contributed by atoms with Gasteiger partial charge >= 0.3 is 5.97 Å². The van der Waals surface area contributed by atoms with Crippen molar-refractivity contribution in [3.8, 4) is 0 Å². The van der Waals surface area contributed by atoms with Crippen molar-refractivity contribution in [2.45, 2.75) is 20.3 Å². The number of rotatable bonds is 2. The summed E-state index contributed by atoms with van der Waals surface area (Å²) >= 11 is 0. The van der Waals surface area contributed by atoms with Crippen molar-refractivity contribution in [3.63, 3.8) is 0 Å². The van der Waals surface area contributed by atoms with Gasteiger partial charge in [-0.1, -0.05) is 26.0 Å². The molecule has 2 rings (SSSR count). The maximum atomic E-state index is 11.2. The molecule has 0 amide bonds. The van der Waals surface area contributed by atoms with E-state index in [1.807, 2.05) is 12.1 Å². The van der Waals surface area contributed by atoms with Crippen LogP contribution in [-0.4, -0.2) is 24.2 Å². The van der Waals surface area contributed by atoms with Gasteiger partial charge in [0.05, 0.1) is 11.3 Å². The zero-order valence-corrected chi connectivity index (χ0v) is 10.4. The molecule has 1 saturated heterocycles. The first-order valence-corrected chi connectivity index (χ1v) is 6.15. The average molecular weight is 233 g/mol. The molecule has 0 saturated carbocycles. The topological polar surface area (TPSA) is 40.5 Å². The van der Waals surface area contributed by atoms with Crippen molar-refractivity contribution in [2.75, 3.05) is 18.0 Å². The predicted octanol–water partition coefficient (Wildman–Crippen LogP) is 2.87. The monoisotopic (exact) mass is 233 g/mol. The van der Waals surface area contributed by atoms with Crippen molar-refractivity contribution in [3.05, 3.63) is 29.8 Å². The average Bonchev–Trinajstić information content (AvgIpc) is 2.27. The van der Waals surface area contributed by atoms with Gasteiger partial charge in [-0.15, -0.1) is 0 Å². The summed E-state index contributed by atoms with van der Waals surface area (Å²) in [5.74, 6) is 0.410. The van der Waals surface area contributed by atoms with E-state index in [0.717, 1.165) is 18.8 Å². The second-order valence-electron chi connectivity index (χ2n) is 5.17. The van der Waals surface area contributed by atoms with Gasteiger partial charge < -0.3 is 10.0 Å². The third kappa shape index (κ3) is 2.60. The summed E-state index contributed by atoms with van der Waals surface area (Å²) in [4.78, 5) is 13.4. The Bertz CT molecular complexity index is 406. The van der Waals surface area contributed by atoms with Crippen LogP contribution in [0.15, 0.2) is 24.3 Å². The highest BCUT2D eigenvalue weighted by Crippen LogP contribution is 2.28. The largest absolute Gasteiger partial charge is 0.478 e. The molecule has 1 aromatic carbocycles. The smallest absolute Gasteiger partial charge is 0.337 e. The summed E-state index contributed by atoms with van der Waals surface area (Å²) in [7, 11) is 0. The Morgan fingerprint density at radius 1 is 1.24 bits per heavy atom. The lowest BCUT2D eigenvalue weighted by Gasteiger charge is -2.37. The molecule has 1 aromatic rings. The Labute approximate surface area is 102 Å². The standard InChI is InChI=1S/C14H19NO2/c1-10-7-11(2)9-15(8-10)13-6-4-3-5-12(13)14(16)17/h3-6,10-11H,7-9H2,1-2H3,(H,16,17). The summed E-state index contributed by atoms with van der Waals surface area (Å²) in [5.41, 5.74) is 1.27. The lowest BCUT2D eigenvalue weighted by Crippen LogP contribution is -2.39. The minimum absolute atomic E-state index is 0.411. The van der Waals surface area contributed by atoms with E-state index in [1.54, 1.807) is 12.1 Å². The Morgan fingerprint density at radius 3 is 2.41 bits per heavy atom. The molecular weight excluding hydrogens is 214 g/mol. The molecule has 0 radical (unpaired) electrons. The predicted molar refractivity (Wildman–Crippen MR) is 68.6 cm³/mol. The lowest BCUT2D eigenvalue weighted by molar-refractivity contribution is 0.0697. The number of carboxylic acid groups (broad SMARTS) is 1. The molecule has 1 heterocycles. The van der Waals surface area contributed by atoms with Crippen LogP contribution in [0.3, 0.4) is 0 Å². The number of carbonyl (C=O) groups is 1. The van der Waals surface area contributed by atoms with E-state index in [2.05, 4.69) is 18.7 Å². The first-order chi connectivity index (χ1) is 8.08.